The van der Waals surface area contributed by atoms with Crippen LogP contribution in [0.2, 0.25) is 0 Å². The zero-order chi connectivity index (χ0) is 11.8. The first-order valence-electron chi connectivity index (χ1n) is 5.19. The predicted octanol–water partition coefficient (Wildman–Crippen LogP) is 1.48. The maximum atomic E-state index is 11.1. The Morgan fingerprint density at radius 1 is 1.50 bits per heavy atom. The number of aryl methyl sites for hydroxylation is 1. The van der Waals surface area contributed by atoms with Gasteiger partial charge >= 0.3 is 0 Å². The Hall–Kier alpha value is -1.68. The van der Waals surface area contributed by atoms with Gasteiger partial charge in [-0.3, -0.25) is 4.79 Å². The molecule has 1 rings (SSSR count). The molecule has 1 N–H and O–H groups in total. The molecule has 0 bridgehead atoms. The number of amides is 1. The van der Waals surface area contributed by atoms with Crippen molar-refractivity contribution in [1.29, 1.82) is 0 Å². The van der Waals surface area contributed by atoms with E-state index in [4.69, 9.17) is 4.74 Å². The lowest BCUT2D eigenvalue weighted by molar-refractivity contribution is -0.125. The van der Waals surface area contributed by atoms with Gasteiger partial charge in [0.25, 0.3) is 5.91 Å². The van der Waals surface area contributed by atoms with E-state index in [1.54, 1.807) is 6.21 Å². The first-order chi connectivity index (χ1) is 7.74. The zero-order valence-electron chi connectivity index (χ0n) is 9.56. The maximum absolute atomic E-state index is 11.1. The largest absolute Gasteiger partial charge is 0.372 e. The van der Waals surface area contributed by atoms with Gasteiger partial charge in [-0.2, -0.15) is 5.10 Å². The topological polar surface area (TPSA) is 50.7 Å². The minimum atomic E-state index is -0.244. The monoisotopic (exact) mass is 220 g/mol. The minimum Gasteiger partial charge on any atom is -0.372 e. The van der Waals surface area contributed by atoms with Crippen molar-refractivity contribution in [2.45, 2.75) is 13.8 Å². The Balaban J connectivity index is 2.43. The molecule has 86 valence electrons. The van der Waals surface area contributed by atoms with E-state index in [-0.39, 0.29) is 12.5 Å². The Kier molecular flexibility index (Phi) is 5.22. The van der Waals surface area contributed by atoms with Crippen molar-refractivity contribution in [1.82, 2.24) is 5.43 Å². The Morgan fingerprint density at radius 2 is 2.25 bits per heavy atom. The van der Waals surface area contributed by atoms with Crippen LogP contribution in [0.25, 0.3) is 0 Å². The maximum Gasteiger partial charge on any atom is 0.266 e. The van der Waals surface area contributed by atoms with E-state index in [9.17, 15) is 4.79 Å². The van der Waals surface area contributed by atoms with Crippen LogP contribution in [0.4, 0.5) is 0 Å². The van der Waals surface area contributed by atoms with Crippen LogP contribution < -0.4 is 5.43 Å². The summed E-state index contributed by atoms with van der Waals surface area (Å²) in [6.07, 6.45) is 1.62. The molecule has 0 unspecified atom stereocenters. The number of ether oxygens (including phenoxy) is 1. The molecule has 0 spiro atoms. The lowest BCUT2D eigenvalue weighted by Crippen LogP contribution is -2.22. The number of hydrogen-bond donors (Lipinski definition) is 1. The molecule has 0 heterocycles. The lowest BCUT2D eigenvalue weighted by Gasteiger charge is -2.00. The molecular formula is C12H16N2O2. The van der Waals surface area contributed by atoms with E-state index < -0.39 is 0 Å². The van der Waals surface area contributed by atoms with Crippen molar-refractivity contribution in [2.24, 2.45) is 5.10 Å². The van der Waals surface area contributed by atoms with Gasteiger partial charge in [0, 0.05) is 6.61 Å². The van der Waals surface area contributed by atoms with Crippen LogP contribution in [-0.4, -0.2) is 25.3 Å². The predicted molar refractivity (Wildman–Crippen MR) is 63.4 cm³/mol. The average molecular weight is 220 g/mol. The molecule has 0 aliphatic carbocycles. The fourth-order valence-electron chi connectivity index (χ4n) is 1.13. The van der Waals surface area contributed by atoms with Crippen LogP contribution in [0.5, 0.6) is 0 Å². The molecular weight excluding hydrogens is 204 g/mol. The highest BCUT2D eigenvalue weighted by Crippen LogP contribution is 2.02. The van der Waals surface area contributed by atoms with Gasteiger partial charge in [0.05, 0.1) is 6.21 Å². The summed E-state index contributed by atoms with van der Waals surface area (Å²) in [5.74, 6) is -0.244. The smallest absolute Gasteiger partial charge is 0.266 e. The van der Waals surface area contributed by atoms with Crippen molar-refractivity contribution in [3.05, 3.63) is 35.4 Å². The quantitative estimate of drug-likeness (QED) is 0.603. The highest BCUT2D eigenvalue weighted by molar-refractivity contribution is 5.84. The summed E-state index contributed by atoms with van der Waals surface area (Å²) in [7, 11) is 0. The summed E-state index contributed by atoms with van der Waals surface area (Å²) in [5.41, 5.74) is 4.50. The Bertz CT molecular complexity index is 375. The third-order valence-electron chi connectivity index (χ3n) is 2.02. The second kappa shape index (κ2) is 6.74. The Morgan fingerprint density at radius 3 is 2.94 bits per heavy atom. The van der Waals surface area contributed by atoms with Gasteiger partial charge < -0.3 is 4.74 Å². The molecule has 0 saturated heterocycles. The third kappa shape index (κ3) is 4.23. The van der Waals surface area contributed by atoms with Crippen LogP contribution in [0.1, 0.15) is 18.1 Å². The third-order valence-corrected chi connectivity index (χ3v) is 2.02. The minimum absolute atomic E-state index is 0.0433. The Labute approximate surface area is 95.3 Å². The van der Waals surface area contributed by atoms with Gasteiger partial charge in [0.1, 0.15) is 6.61 Å². The van der Waals surface area contributed by atoms with Gasteiger partial charge in [0.2, 0.25) is 0 Å². The van der Waals surface area contributed by atoms with Crippen molar-refractivity contribution in [3.63, 3.8) is 0 Å². The summed E-state index contributed by atoms with van der Waals surface area (Å²) >= 11 is 0. The summed E-state index contributed by atoms with van der Waals surface area (Å²) in [6.45, 7) is 4.39. The summed E-state index contributed by atoms with van der Waals surface area (Å²) in [4.78, 5) is 11.1. The van der Waals surface area contributed by atoms with Gasteiger partial charge in [-0.1, -0.05) is 24.3 Å². The number of nitrogens with one attached hydrogen (secondary N) is 1. The van der Waals surface area contributed by atoms with Crippen molar-refractivity contribution in [3.8, 4) is 0 Å². The number of nitrogens with zero attached hydrogens (tertiary/aromatic N) is 1. The molecule has 1 aromatic rings. The van der Waals surface area contributed by atoms with E-state index in [0.717, 1.165) is 11.1 Å². The molecule has 0 atom stereocenters. The fourth-order valence-corrected chi connectivity index (χ4v) is 1.13. The molecule has 0 aliphatic rings. The molecule has 1 amide bonds. The molecule has 0 radical (unpaired) electrons. The second-order valence-corrected chi connectivity index (χ2v) is 3.29. The van der Waals surface area contributed by atoms with Crippen molar-refractivity contribution < 1.29 is 9.53 Å². The summed E-state index contributed by atoms with van der Waals surface area (Å²) < 4.78 is 4.94. The molecule has 1 aromatic carbocycles. The van der Waals surface area contributed by atoms with Crippen LogP contribution in [-0.2, 0) is 9.53 Å². The number of benzene rings is 1. The van der Waals surface area contributed by atoms with Crippen LogP contribution in [0, 0.1) is 6.92 Å². The van der Waals surface area contributed by atoms with Gasteiger partial charge in [-0.05, 0) is 25.0 Å². The molecule has 4 heteroatoms. The molecule has 0 fully saturated rings. The van der Waals surface area contributed by atoms with Crippen LogP contribution in [0.3, 0.4) is 0 Å². The number of hydrogen-bond acceptors (Lipinski definition) is 3. The second-order valence-electron chi connectivity index (χ2n) is 3.29. The van der Waals surface area contributed by atoms with Gasteiger partial charge in [-0.15, -0.1) is 0 Å². The van der Waals surface area contributed by atoms with Crippen molar-refractivity contribution in [2.75, 3.05) is 13.2 Å². The van der Waals surface area contributed by atoms with Gasteiger partial charge in [0.15, 0.2) is 0 Å². The molecule has 0 aliphatic heterocycles. The summed E-state index contributed by atoms with van der Waals surface area (Å²) in [6, 6.07) is 7.81. The number of hydrazone groups is 1. The first-order valence-corrected chi connectivity index (χ1v) is 5.19. The van der Waals surface area contributed by atoms with Crippen molar-refractivity contribution >= 4 is 12.1 Å². The van der Waals surface area contributed by atoms with Crippen LogP contribution in [0.15, 0.2) is 29.4 Å². The first kappa shape index (κ1) is 12.4. The summed E-state index contributed by atoms with van der Waals surface area (Å²) in [5, 5.41) is 3.85. The molecule has 16 heavy (non-hydrogen) atoms. The van der Waals surface area contributed by atoms with E-state index in [1.807, 2.05) is 38.1 Å². The SMILES string of the molecule is CCOCC(=O)N/N=C/c1ccccc1C. The molecule has 0 saturated carbocycles. The van der Waals surface area contributed by atoms with E-state index in [0.29, 0.717) is 6.61 Å². The molecule has 4 nitrogen and oxygen atoms in total. The zero-order valence-corrected chi connectivity index (χ0v) is 9.56. The highest BCUT2D eigenvalue weighted by Gasteiger charge is 1.97. The highest BCUT2D eigenvalue weighted by atomic mass is 16.5. The van der Waals surface area contributed by atoms with E-state index in [2.05, 4.69) is 10.5 Å². The number of rotatable bonds is 5. The van der Waals surface area contributed by atoms with E-state index >= 15 is 0 Å². The molecule has 0 aromatic heterocycles. The number of carbonyl (C=O) groups is 1. The lowest BCUT2D eigenvalue weighted by atomic mass is 10.1. The average Bonchev–Trinajstić information content (AvgIpc) is 2.29. The normalized spacial score (nSPS) is 10.6. The standard InChI is InChI=1S/C12H16N2O2/c1-3-16-9-12(15)14-13-8-11-7-5-4-6-10(11)2/h4-8H,3,9H2,1-2H3,(H,14,15)/b13-8+. The fraction of sp³-hybridized carbons (Fsp3) is 0.333. The van der Waals surface area contributed by atoms with Crippen LogP contribution >= 0.6 is 0 Å². The van der Waals surface area contributed by atoms with E-state index in [1.165, 1.54) is 0 Å². The van der Waals surface area contributed by atoms with Gasteiger partial charge in [-0.25, -0.2) is 5.43 Å². The number of carbonyl (C=O) groups excluding carboxylic acids is 1.